The molecular formula is C21H20ClNO4. The second-order valence-corrected chi connectivity index (χ2v) is 6.94. The van der Waals surface area contributed by atoms with Gasteiger partial charge in [0.15, 0.2) is 0 Å². The molecule has 0 saturated carbocycles. The average Bonchev–Trinajstić information content (AvgIpc) is 2.89. The monoisotopic (exact) mass is 385 g/mol. The van der Waals surface area contributed by atoms with Crippen LogP contribution < -0.4 is 4.74 Å². The number of hydrogen-bond acceptors (Lipinski definition) is 4. The van der Waals surface area contributed by atoms with Gasteiger partial charge in [0.05, 0.1) is 11.1 Å². The molecule has 0 unspecified atom stereocenters. The van der Waals surface area contributed by atoms with E-state index in [0.717, 1.165) is 12.0 Å². The van der Waals surface area contributed by atoms with Crippen molar-refractivity contribution in [2.75, 3.05) is 6.54 Å². The van der Waals surface area contributed by atoms with Crippen LogP contribution in [0.4, 0.5) is 0 Å². The molecule has 0 spiro atoms. The Labute approximate surface area is 162 Å². The van der Waals surface area contributed by atoms with Crippen LogP contribution in [0.25, 0.3) is 0 Å². The quantitative estimate of drug-likeness (QED) is 0.306. The number of carbonyl (C=O) groups excluding carboxylic acids is 3. The third-order valence-electron chi connectivity index (χ3n) is 4.50. The molecule has 140 valence electrons. The SMILES string of the molecule is Cc1cc(Cl)ccc1OC(=O)CCCCCN1C(=O)c2ccccc2C1=O. The molecule has 0 aromatic heterocycles. The van der Waals surface area contributed by atoms with Crippen LogP contribution in [-0.4, -0.2) is 29.2 Å². The Bertz CT molecular complexity index is 859. The van der Waals surface area contributed by atoms with Crippen molar-refractivity contribution in [2.45, 2.75) is 32.6 Å². The molecule has 0 aliphatic carbocycles. The van der Waals surface area contributed by atoms with Crippen molar-refractivity contribution >= 4 is 29.4 Å². The first kappa shape index (κ1) is 19.1. The van der Waals surface area contributed by atoms with Gasteiger partial charge in [-0.3, -0.25) is 19.3 Å². The van der Waals surface area contributed by atoms with Gasteiger partial charge in [-0.25, -0.2) is 0 Å². The molecule has 2 aromatic rings. The van der Waals surface area contributed by atoms with E-state index < -0.39 is 0 Å². The zero-order chi connectivity index (χ0) is 19.4. The topological polar surface area (TPSA) is 63.7 Å². The summed E-state index contributed by atoms with van der Waals surface area (Å²) in [6.45, 7) is 2.19. The maximum absolute atomic E-state index is 12.3. The van der Waals surface area contributed by atoms with Gasteiger partial charge in [-0.15, -0.1) is 0 Å². The van der Waals surface area contributed by atoms with E-state index in [1.807, 2.05) is 6.92 Å². The van der Waals surface area contributed by atoms with Crippen LogP contribution in [0.1, 0.15) is 52.0 Å². The van der Waals surface area contributed by atoms with Gasteiger partial charge in [-0.05, 0) is 55.7 Å². The van der Waals surface area contributed by atoms with E-state index in [4.69, 9.17) is 16.3 Å². The minimum Gasteiger partial charge on any atom is -0.426 e. The zero-order valence-corrected chi connectivity index (χ0v) is 15.8. The Morgan fingerprint density at radius 3 is 2.30 bits per heavy atom. The van der Waals surface area contributed by atoms with Gasteiger partial charge in [0.1, 0.15) is 5.75 Å². The highest BCUT2D eigenvalue weighted by Crippen LogP contribution is 2.24. The van der Waals surface area contributed by atoms with Gasteiger partial charge >= 0.3 is 5.97 Å². The second-order valence-electron chi connectivity index (χ2n) is 6.50. The Balaban J connectivity index is 1.40. The molecule has 2 aromatic carbocycles. The lowest BCUT2D eigenvalue weighted by atomic mass is 10.1. The maximum atomic E-state index is 12.3. The minimum absolute atomic E-state index is 0.242. The van der Waals surface area contributed by atoms with E-state index in [1.54, 1.807) is 42.5 Å². The molecule has 6 heteroatoms. The Kier molecular flexibility index (Phi) is 5.91. The normalized spacial score (nSPS) is 13.0. The van der Waals surface area contributed by atoms with E-state index >= 15 is 0 Å². The van der Waals surface area contributed by atoms with Crippen LogP contribution in [0.5, 0.6) is 5.75 Å². The van der Waals surface area contributed by atoms with Crippen LogP contribution >= 0.6 is 11.6 Å². The Morgan fingerprint density at radius 2 is 1.67 bits per heavy atom. The smallest absolute Gasteiger partial charge is 0.311 e. The molecule has 27 heavy (non-hydrogen) atoms. The average molecular weight is 386 g/mol. The number of fused-ring (bicyclic) bond motifs is 1. The number of carbonyl (C=O) groups is 3. The van der Waals surface area contributed by atoms with E-state index in [9.17, 15) is 14.4 Å². The third-order valence-corrected chi connectivity index (χ3v) is 4.74. The van der Waals surface area contributed by atoms with Crippen molar-refractivity contribution in [3.8, 4) is 5.75 Å². The van der Waals surface area contributed by atoms with Gasteiger partial charge in [0.2, 0.25) is 0 Å². The number of esters is 1. The highest BCUT2D eigenvalue weighted by Gasteiger charge is 2.34. The summed E-state index contributed by atoms with van der Waals surface area (Å²) in [6.07, 6.45) is 2.29. The van der Waals surface area contributed by atoms with Gasteiger partial charge in [0, 0.05) is 18.0 Å². The highest BCUT2D eigenvalue weighted by molar-refractivity contribution is 6.30. The number of hydrogen-bond donors (Lipinski definition) is 0. The third kappa shape index (κ3) is 4.37. The lowest BCUT2D eigenvalue weighted by Gasteiger charge is -2.13. The number of unbranched alkanes of at least 4 members (excludes halogenated alkanes) is 2. The van der Waals surface area contributed by atoms with Crippen molar-refractivity contribution in [3.63, 3.8) is 0 Å². The number of benzene rings is 2. The Hall–Kier alpha value is -2.66. The van der Waals surface area contributed by atoms with Crippen LogP contribution in [-0.2, 0) is 4.79 Å². The van der Waals surface area contributed by atoms with Gasteiger partial charge in [-0.1, -0.05) is 30.2 Å². The number of rotatable bonds is 7. The first-order valence-electron chi connectivity index (χ1n) is 8.89. The summed E-state index contributed by atoms with van der Waals surface area (Å²) >= 11 is 5.88. The summed E-state index contributed by atoms with van der Waals surface area (Å²) in [7, 11) is 0. The van der Waals surface area contributed by atoms with Crippen LogP contribution in [0.2, 0.25) is 5.02 Å². The molecule has 0 saturated heterocycles. The first-order valence-corrected chi connectivity index (χ1v) is 9.27. The molecule has 1 aliphatic heterocycles. The fraction of sp³-hybridized carbons (Fsp3) is 0.286. The van der Waals surface area contributed by atoms with E-state index in [1.165, 1.54) is 4.90 Å². The molecule has 1 heterocycles. The molecule has 0 atom stereocenters. The summed E-state index contributed by atoms with van der Waals surface area (Å²) in [4.78, 5) is 37.7. The fourth-order valence-electron chi connectivity index (χ4n) is 3.06. The fourth-order valence-corrected chi connectivity index (χ4v) is 3.29. The molecular weight excluding hydrogens is 366 g/mol. The lowest BCUT2D eigenvalue weighted by molar-refractivity contribution is -0.134. The summed E-state index contributed by atoms with van der Waals surface area (Å²) in [5, 5.41) is 0.598. The summed E-state index contributed by atoms with van der Waals surface area (Å²) in [6, 6.07) is 11.9. The predicted octanol–water partition coefficient (Wildman–Crippen LogP) is 4.41. The molecule has 1 aliphatic rings. The van der Waals surface area contributed by atoms with Crippen molar-refractivity contribution < 1.29 is 19.1 Å². The number of aryl methyl sites for hydroxylation is 1. The molecule has 0 radical (unpaired) electrons. The molecule has 2 amide bonds. The minimum atomic E-state index is -0.304. The molecule has 5 nitrogen and oxygen atoms in total. The number of ether oxygens (including phenoxy) is 1. The molecule has 0 bridgehead atoms. The van der Waals surface area contributed by atoms with Gasteiger partial charge < -0.3 is 4.74 Å². The predicted molar refractivity (Wildman–Crippen MR) is 102 cm³/mol. The lowest BCUT2D eigenvalue weighted by Crippen LogP contribution is -2.30. The van der Waals surface area contributed by atoms with E-state index in [0.29, 0.717) is 41.3 Å². The van der Waals surface area contributed by atoms with Crippen molar-refractivity contribution in [3.05, 3.63) is 64.2 Å². The van der Waals surface area contributed by atoms with Crippen LogP contribution in [0, 0.1) is 6.92 Å². The van der Waals surface area contributed by atoms with Crippen molar-refractivity contribution in [1.82, 2.24) is 4.90 Å². The maximum Gasteiger partial charge on any atom is 0.311 e. The summed E-state index contributed by atoms with van der Waals surface area (Å²) in [5.41, 5.74) is 1.73. The summed E-state index contributed by atoms with van der Waals surface area (Å²) in [5.74, 6) is -0.280. The zero-order valence-electron chi connectivity index (χ0n) is 15.0. The first-order chi connectivity index (χ1) is 13.0. The number of amides is 2. The molecule has 3 rings (SSSR count). The van der Waals surface area contributed by atoms with E-state index in [-0.39, 0.29) is 24.2 Å². The van der Waals surface area contributed by atoms with Crippen LogP contribution in [0.15, 0.2) is 42.5 Å². The van der Waals surface area contributed by atoms with Gasteiger partial charge in [-0.2, -0.15) is 0 Å². The second kappa shape index (κ2) is 8.35. The number of halogens is 1. The van der Waals surface area contributed by atoms with E-state index in [2.05, 4.69) is 0 Å². The van der Waals surface area contributed by atoms with Crippen molar-refractivity contribution in [1.29, 1.82) is 0 Å². The Morgan fingerprint density at radius 1 is 1.00 bits per heavy atom. The summed E-state index contributed by atoms with van der Waals surface area (Å²) < 4.78 is 5.34. The number of nitrogens with zero attached hydrogens (tertiary/aromatic N) is 1. The van der Waals surface area contributed by atoms with Gasteiger partial charge in [0.25, 0.3) is 11.8 Å². The largest absolute Gasteiger partial charge is 0.426 e. The molecule has 0 fully saturated rings. The van der Waals surface area contributed by atoms with Crippen molar-refractivity contribution in [2.24, 2.45) is 0 Å². The highest BCUT2D eigenvalue weighted by atomic mass is 35.5. The molecule has 0 N–H and O–H groups in total. The van der Waals surface area contributed by atoms with Crippen LogP contribution in [0.3, 0.4) is 0 Å². The number of imide groups is 1. The standard InChI is InChI=1S/C21H20ClNO4/c1-14-13-15(22)10-11-18(14)27-19(24)9-3-2-6-12-23-20(25)16-7-4-5-8-17(16)21(23)26/h4-5,7-8,10-11,13H,2-3,6,9,12H2,1H3.